The first-order valence-corrected chi connectivity index (χ1v) is 7.90. The zero-order valence-electron chi connectivity index (χ0n) is 12.0. The van der Waals surface area contributed by atoms with Crippen LogP contribution >= 0.6 is 0 Å². The number of pyridine rings is 1. The number of nitrogens with zero attached hydrogens (tertiary/aromatic N) is 2. The molecule has 0 saturated heterocycles. The SMILES string of the molecule is CC(C)CN(C(C)C)S(=O)(=O)c1ccc(CN)nc1. The monoisotopic (exact) mass is 285 g/mol. The van der Waals surface area contributed by atoms with E-state index in [9.17, 15) is 8.42 Å². The summed E-state index contributed by atoms with van der Waals surface area (Å²) in [7, 11) is -3.49. The molecule has 1 aromatic rings. The molecule has 1 aromatic heterocycles. The van der Waals surface area contributed by atoms with Gasteiger partial charge in [0.1, 0.15) is 4.90 Å². The van der Waals surface area contributed by atoms with Crippen LogP contribution in [0.2, 0.25) is 0 Å². The lowest BCUT2D eigenvalue weighted by Gasteiger charge is -2.27. The maximum absolute atomic E-state index is 12.6. The summed E-state index contributed by atoms with van der Waals surface area (Å²) in [6.07, 6.45) is 1.38. The topological polar surface area (TPSA) is 76.3 Å². The minimum Gasteiger partial charge on any atom is -0.325 e. The smallest absolute Gasteiger partial charge is 0.244 e. The first-order valence-electron chi connectivity index (χ1n) is 6.46. The fraction of sp³-hybridized carbons (Fsp3) is 0.615. The molecule has 19 heavy (non-hydrogen) atoms. The zero-order chi connectivity index (χ0) is 14.6. The first kappa shape index (κ1) is 16.1. The predicted octanol–water partition coefficient (Wildman–Crippen LogP) is 1.60. The van der Waals surface area contributed by atoms with E-state index in [1.165, 1.54) is 10.5 Å². The Morgan fingerprint density at radius 1 is 1.26 bits per heavy atom. The average Bonchev–Trinajstić information content (AvgIpc) is 2.35. The molecule has 0 atom stereocenters. The summed E-state index contributed by atoms with van der Waals surface area (Å²) in [5.74, 6) is 0.272. The second kappa shape index (κ2) is 6.45. The molecule has 0 amide bonds. The Hall–Kier alpha value is -0.980. The minimum absolute atomic E-state index is 0.0819. The molecule has 0 aliphatic rings. The van der Waals surface area contributed by atoms with Crippen LogP contribution in [0.5, 0.6) is 0 Å². The van der Waals surface area contributed by atoms with Crippen LogP contribution in [0, 0.1) is 5.92 Å². The predicted molar refractivity (Wildman–Crippen MR) is 76.0 cm³/mol. The third kappa shape index (κ3) is 3.99. The van der Waals surface area contributed by atoms with Gasteiger partial charge >= 0.3 is 0 Å². The highest BCUT2D eigenvalue weighted by molar-refractivity contribution is 7.89. The fourth-order valence-electron chi connectivity index (χ4n) is 1.77. The maximum Gasteiger partial charge on any atom is 0.244 e. The largest absolute Gasteiger partial charge is 0.325 e. The van der Waals surface area contributed by atoms with Gasteiger partial charge in [0.2, 0.25) is 10.0 Å². The molecule has 0 radical (unpaired) electrons. The number of nitrogens with two attached hydrogens (primary N) is 1. The van der Waals surface area contributed by atoms with Gasteiger partial charge in [0.05, 0.1) is 5.69 Å². The van der Waals surface area contributed by atoms with Crippen molar-refractivity contribution in [3.63, 3.8) is 0 Å². The Balaban J connectivity index is 3.11. The summed E-state index contributed by atoms with van der Waals surface area (Å²) < 4.78 is 26.6. The average molecular weight is 285 g/mol. The number of aromatic nitrogens is 1. The normalized spacial score (nSPS) is 12.6. The molecule has 1 rings (SSSR count). The molecule has 108 valence electrons. The second-order valence-electron chi connectivity index (χ2n) is 5.25. The number of hydrogen-bond donors (Lipinski definition) is 1. The van der Waals surface area contributed by atoms with Gasteiger partial charge in [-0.1, -0.05) is 13.8 Å². The highest BCUT2D eigenvalue weighted by atomic mass is 32.2. The molecule has 0 aromatic carbocycles. The first-order chi connectivity index (χ1) is 8.78. The van der Waals surface area contributed by atoms with Crippen molar-refractivity contribution >= 4 is 10.0 Å². The van der Waals surface area contributed by atoms with E-state index < -0.39 is 10.0 Å². The van der Waals surface area contributed by atoms with Gasteiger partial charge in [0.25, 0.3) is 0 Å². The number of hydrogen-bond acceptors (Lipinski definition) is 4. The molecule has 0 spiro atoms. The van der Waals surface area contributed by atoms with Gasteiger partial charge < -0.3 is 5.73 Å². The highest BCUT2D eigenvalue weighted by Crippen LogP contribution is 2.19. The van der Waals surface area contributed by atoms with Crippen LogP contribution in [0.3, 0.4) is 0 Å². The van der Waals surface area contributed by atoms with E-state index in [-0.39, 0.29) is 16.9 Å². The second-order valence-corrected chi connectivity index (χ2v) is 7.14. The van der Waals surface area contributed by atoms with Crippen molar-refractivity contribution in [3.8, 4) is 0 Å². The standard InChI is InChI=1S/C13H23N3O2S/c1-10(2)9-16(11(3)4)19(17,18)13-6-5-12(7-14)15-8-13/h5-6,8,10-11H,7,9,14H2,1-4H3. The lowest BCUT2D eigenvalue weighted by Crippen LogP contribution is -2.39. The van der Waals surface area contributed by atoms with E-state index in [1.54, 1.807) is 12.1 Å². The molecular weight excluding hydrogens is 262 g/mol. The van der Waals surface area contributed by atoms with Crippen molar-refractivity contribution in [2.75, 3.05) is 6.54 Å². The van der Waals surface area contributed by atoms with Crippen LogP contribution in [-0.4, -0.2) is 30.3 Å². The van der Waals surface area contributed by atoms with Gasteiger partial charge in [-0.15, -0.1) is 0 Å². The fourth-order valence-corrected chi connectivity index (χ4v) is 3.51. The van der Waals surface area contributed by atoms with Crippen molar-refractivity contribution in [2.24, 2.45) is 11.7 Å². The lowest BCUT2D eigenvalue weighted by molar-refractivity contribution is 0.319. The van der Waals surface area contributed by atoms with Crippen molar-refractivity contribution in [1.82, 2.24) is 9.29 Å². The van der Waals surface area contributed by atoms with Gasteiger partial charge in [-0.2, -0.15) is 4.31 Å². The molecule has 0 fully saturated rings. The molecule has 1 heterocycles. The molecule has 0 aliphatic carbocycles. The van der Waals surface area contributed by atoms with Crippen molar-refractivity contribution in [1.29, 1.82) is 0 Å². The number of sulfonamides is 1. The Bertz CT molecular complexity index is 495. The van der Waals surface area contributed by atoms with Gasteiger partial charge in [0.15, 0.2) is 0 Å². The van der Waals surface area contributed by atoms with Gasteiger partial charge in [0, 0.05) is 25.3 Å². The van der Waals surface area contributed by atoms with Crippen LogP contribution in [0.15, 0.2) is 23.2 Å². The summed E-state index contributed by atoms with van der Waals surface area (Å²) >= 11 is 0. The Morgan fingerprint density at radius 2 is 1.89 bits per heavy atom. The molecule has 0 aliphatic heterocycles. The third-order valence-electron chi connectivity index (χ3n) is 2.73. The molecule has 0 saturated carbocycles. The van der Waals surface area contributed by atoms with Gasteiger partial charge in [-0.05, 0) is 31.9 Å². The quantitative estimate of drug-likeness (QED) is 0.861. The molecule has 0 bridgehead atoms. The minimum atomic E-state index is -3.49. The summed E-state index contributed by atoms with van der Waals surface area (Å²) in [6.45, 7) is 8.56. The van der Waals surface area contributed by atoms with E-state index in [2.05, 4.69) is 4.98 Å². The van der Waals surface area contributed by atoms with Crippen molar-refractivity contribution in [3.05, 3.63) is 24.0 Å². The molecule has 0 unspecified atom stereocenters. The Labute approximate surface area is 115 Å². The Kier molecular flexibility index (Phi) is 5.46. The van der Waals surface area contributed by atoms with E-state index in [1.807, 2.05) is 27.7 Å². The van der Waals surface area contributed by atoms with Crippen LogP contribution in [0.4, 0.5) is 0 Å². The molecule has 6 heteroatoms. The van der Waals surface area contributed by atoms with E-state index in [4.69, 9.17) is 5.73 Å². The third-order valence-corrected chi connectivity index (χ3v) is 4.76. The van der Waals surface area contributed by atoms with Gasteiger partial charge in [-0.25, -0.2) is 8.42 Å². The van der Waals surface area contributed by atoms with Crippen LogP contribution in [0.25, 0.3) is 0 Å². The summed E-state index contributed by atoms with van der Waals surface area (Å²) in [4.78, 5) is 4.27. The molecule has 5 nitrogen and oxygen atoms in total. The molecular formula is C13H23N3O2S. The summed E-state index contributed by atoms with van der Waals surface area (Å²) in [5.41, 5.74) is 6.14. The van der Waals surface area contributed by atoms with E-state index in [0.29, 0.717) is 18.8 Å². The van der Waals surface area contributed by atoms with Crippen molar-refractivity contribution < 1.29 is 8.42 Å². The van der Waals surface area contributed by atoms with Crippen LogP contribution in [0.1, 0.15) is 33.4 Å². The van der Waals surface area contributed by atoms with Crippen LogP contribution < -0.4 is 5.73 Å². The lowest BCUT2D eigenvalue weighted by atomic mass is 10.2. The Morgan fingerprint density at radius 3 is 2.26 bits per heavy atom. The molecule has 2 N–H and O–H groups in total. The van der Waals surface area contributed by atoms with Crippen LogP contribution in [-0.2, 0) is 16.6 Å². The maximum atomic E-state index is 12.6. The van der Waals surface area contributed by atoms with E-state index in [0.717, 1.165) is 0 Å². The summed E-state index contributed by atoms with van der Waals surface area (Å²) in [6, 6.07) is 3.14. The summed E-state index contributed by atoms with van der Waals surface area (Å²) in [5, 5.41) is 0. The number of rotatable bonds is 6. The van der Waals surface area contributed by atoms with Gasteiger partial charge in [-0.3, -0.25) is 4.98 Å². The van der Waals surface area contributed by atoms with E-state index >= 15 is 0 Å². The highest BCUT2D eigenvalue weighted by Gasteiger charge is 2.27. The zero-order valence-corrected chi connectivity index (χ0v) is 12.8. The van der Waals surface area contributed by atoms with Crippen molar-refractivity contribution in [2.45, 2.75) is 45.2 Å².